The molecule has 0 unspecified atom stereocenters. The number of carbonyl (C=O) groups is 1. The first-order chi connectivity index (χ1) is 15.1. The maximum Gasteiger partial charge on any atom is 0.260 e. The van der Waals surface area contributed by atoms with Gasteiger partial charge in [0.25, 0.3) is 5.91 Å². The zero-order valence-electron chi connectivity index (χ0n) is 19.1. The Labute approximate surface area is 199 Å². The molecule has 0 spiro atoms. The molecule has 0 bridgehead atoms. The van der Waals surface area contributed by atoms with E-state index < -0.39 is 0 Å². The number of methoxy groups -OCH3 is 3. The van der Waals surface area contributed by atoms with Gasteiger partial charge < -0.3 is 19.1 Å². The SMILES string of the molecule is CCN(CC)CCN(C(=O)c1cccc(OC)c1)c1nc2c(OC)ccc(OC)c2s1.Cl. The number of benzene rings is 2. The van der Waals surface area contributed by atoms with E-state index in [4.69, 9.17) is 19.2 Å². The van der Waals surface area contributed by atoms with Crippen molar-refractivity contribution in [2.45, 2.75) is 13.8 Å². The van der Waals surface area contributed by atoms with Crippen LogP contribution < -0.4 is 19.1 Å². The van der Waals surface area contributed by atoms with Crippen molar-refractivity contribution in [2.75, 3.05) is 52.4 Å². The van der Waals surface area contributed by atoms with Crippen LogP contribution in [0.2, 0.25) is 0 Å². The van der Waals surface area contributed by atoms with Crippen molar-refractivity contribution in [3.63, 3.8) is 0 Å². The topological polar surface area (TPSA) is 64.1 Å². The number of hydrogen-bond donors (Lipinski definition) is 0. The molecule has 1 aromatic heterocycles. The lowest BCUT2D eigenvalue weighted by Crippen LogP contribution is -2.38. The average Bonchev–Trinajstić information content (AvgIpc) is 3.26. The second kappa shape index (κ2) is 11.9. The van der Waals surface area contributed by atoms with Crippen molar-refractivity contribution in [1.29, 1.82) is 0 Å². The van der Waals surface area contributed by atoms with Gasteiger partial charge in [0.1, 0.15) is 27.5 Å². The Bertz CT molecular complexity index is 998. The van der Waals surface area contributed by atoms with Crippen LogP contribution in [0.1, 0.15) is 24.2 Å². The van der Waals surface area contributed by atoms with Crippen molar-refractivity contribution in [2.24, 2.45) is 0 Å². The summed E-state index contributed by atoms with van der Waals surface area (Å²) >= 11 is 1.43. The normalized spacial score (nSPS) is 10.7. The number of nitrogens with zero attached hydrogens (tertiary/aromatic N) is 3. The maximum absolute atomic E-state index is 13.5. The molecule has 0 fully saturated rings. The van der Waals surface area contributed by atoms with Gasteiger partial charge in [0.15, 0.2) is 5.13 Å². The van der Waals surface area contributed by atoms with E-state index in [9.17, 15) is 4.79 Å². The predicted octanol–water partition coefficient (Wildman–Crippen LogP) is 4.73. The van der Waals surface area contributed by atoms with E-state index in [1.807, 2.05) is 24.3 Å². The highest BCUT2D eigenvalue weighted by Crippen LogP contribution is 2.40. The van der Waals surface area contributed by atoms with E-state index in [1.165, 1.54) is 11.3 Å². The van der Waals surface area contributed by atoms with Crippen molar-refractivity contribution < 1.29 is 19.0 Å². The van der Waals surface area contributed by atoms with Crippen LogP contribution in [-0.2, 0) is 0 Å². The van der Waals surface area contributed by atoms with E-state index in [-0.39, 0.29) is 18.3 Å². The number of amides is 1. The van der Waals surface area contributed by atoms with E-state index in [0.717, 1.165) is 24.3 Å². The van der Waals surface area contributed by atoms with Crippen molar-refractivity contribution in [3.05, 3.63) is 42.0 Å². The lowest BCUT2D eigenvalue weighted by molar-refractivity contribution is 0.0983. The van der Waals surface area contributed by atoms with Crippen LogP contribution in [0.4, 0.5) is 5.13 Å². The van der Waals surface area contributed by atoms with Crippen LogP contribution in [-0.4, -0.2) is 63.3 Å². The summed E-state index contributed by atoms with van der Waals surface area (Å²) in [6, 6.07) is 10.9. The fourth-order valence-electron chi connectivity index (χ4n) is 3.37. The summed E-state index contributed by atoms with van der Waals surface area (Å²) in [4.78, 5) is 22.3. The maximum atomic E-state index is 13.5. The third-order valence-electron chi connectivity index (χ3n) is 5.23. The van der Waals surface area contributed by atoms with Gasteiger partial charge in [0, 0.05) is 18.7 Å². The van der Waals surface area contributed by atoms with Gasteiger partial charge in [0.05, 0.1) is 21.3 Å². The van der Waals surface area contributed by atoms with Crippen molar-refractivity contribution in [3.8, 4) is 17.2 Å². The molecule has 0 radical (unpaired) electrons. The molecule has 0 saturated carbocycles. The molecule has 0 aliphatic carbocycles. The lowest BCUT2D eigenvalue weighted by Gasteiger charge is -2.24. The highest BCUT2D eigenvalue weighted by Gasteiger charge is 2.24. The van der Waals surface area contributed by atoms with Gasteiger partial charge >= 0.3 is 0 Å². The standard InChI is InChI=1S/C23H29N3O4S.ClH/c1-6-25(7-2)13-14-26(22(27)16-9-8-10-17(15-16)28-3)23-24-20-18(29-4)11-12-19(30-5)21(20)31-23;/h8-12,15H,6-7,13-14H2,1-5H3;1H. The molecule has 2 aromatic carbocycles. The smallest absolute Gasteiger partial charge is 0.260 e. The van der Waals surface area contributed by atoms with Gasteiger partial charge in [-0.1, -0.05) is 31.3 Å². The zero-order chi connectivity index (χ0) is 22.4. The third kappa shape index (κ3) is 5.43. The first-order valence-corrected chi connectivity index (χ1v) is 11.1. The van der Waals surface area contributed by atoms with Crippen LogP contribution in [0.5, 0.6) is 17.2 Å². The Balaban J connectivity index is 0.00000363. The predicted molar refractivity (Wildman–Crippen MR) is 132 cm³/mol. The minimum absolute atomic E-state index is 0. The van der Waals surface area contributed by atoms with E-state index in [2.05, 4.69) is 18.7 Å². The van der Waals surface area contributed by atoms with Gasteiger partial charge in [-0.3, -0.25) is 9.69 Å². The third-order valence-corrected chi connectivity index (χ3v) is 6.32. The van der Waals surface area contributed by atoms with Crippen LogP contribution in [0, 0.1) is 0 Å². The minimum Gasteiger partial charge on any atom is -0.497 e. The Morgan fingerprint density at radius 1 is 0.969 bits per heavy atom. The first kappa shape index (κ1) is 25.7. The summed E-state index contributed by atoms with van der Waals surface area (Å²) in [6.07, 6.45) is 0. The molecule has 3 rings (SSSR count). The van der Waals surface area contributed by atoms with E-state index >= 15 is 0 Å². The fraction of sp³-hybridized carbons (Fsp3) is 0.391. The molecule has 0 aliphatic heterocycles. The highest BCUT2D eigenvalue weighted by molar-refractivity contribution is 7.22. The number of carbonyl (C=O) groups excluding carboxylic acids is 1. The molecule has 1 amide bonds. The average molecular weight is 480 g/mol. The highest BCUT2D eigenvalue weighted by atomic mass is 35.5. The molecule has 0 saturated heterocycles. The van der Waals surface area contributed by atoms with Crippen LogP contribution in [0.3, 0.4) is 0 Å². The first-order valence-electron chi connectivity index (χ1n) is 10.3. The van der Waals surface area contributed by atoms with Gasteiger partial charge in [-0.2, -0.15) is 0 Å². The Hall–Kier alpha value is -2.55. The summed E-state index contributed by atoms with van der Waals surface area (Å²) in [5, 5.41) is 0.609. The van der Waals surface area contributed by atoms with Crippen LogP contribution in [0.25, 0.3) is 10.2 Å². The molecular formula is C23H30ClN3O4S. The Morgan fingerprint density at radius 3 is 2.28 bits per heavy atom. The molecule has 174 valence electrons. The second-order valence-corrected chi connectivity index (χ2v) is 7.84. The Kier molecular flexibility index (Phi) is 9.56. The van der Waals surface area contributed by atoms with Gasteiger partial charge in [-0.15, -0.1) is 12.4 Å². The molecular weight excluding hydrogens is 450 g/mol. The number of ether oxygens (including phenoxy) is 3. The van der Waals surface area contributed by atoms with Crippen molar-refractivity contribution >= 4 is 45.0 Å². The van der Waals surface area contributed by atoms with Crippen molar-refractivity contribution in [1.82, 2.24) is 9.88 Å². The Morgan fingerprint density at radius 2 is 1.66 bits per heavy atom. The number of fused-ring (bicyclic) bond motifs is 1. The molecule has 0 aliphatic rings. The molecule has 9 heteroatoms. The fourth-order valence-corrected chi connectivity index (χ4v) is 4.47. The second-order valence-electron chi connectivity index (χ2n) is 6.86. The lowest BCUT2D eigenvalue weighted by atomic mass is 10.2. The van der Waals surface area contributed by atoms with Crippen LogP contribution in [0.15, 0.2) is 36.4 Å². The molecule has 7 nitrogen and oxygen atoms in total. The monoisotopic (exact) mass is 479 g/mol. The number of anilines is 1. The molecule has 0 N–H and O–H groups in total. The quantitative estimate of drug-likeness (QED) is 0.418. The van der Waals surface area contributed by atoms with E-state index in [1.54, 1.807) is 38.4 Å². The zero-order valence-corrected chi connectivity index (χ0v) is 20.7. The largest absolute Gasteiger partial charge is 0.497 e. The number of thiazole rings is 1. The molecule has 1 heterocycles. The number of rotatable bonds is 10. The summed E-state index contributed by atoms with van der Waals surface area (Å²) in [6.45, 7) is 7.32. The number of aromatic nitrogens is 1. The number of halogens is 1. The van der Waals surface area contributed by atoms with Gasteiger partial charge in [0.2, 0.25) is 0 Å². The van der Waals surface area contributed by atoms with Gasteiger partial charge in [-0.25, -0.2) is 4.98 Å². The number of hydrogen-bond acceptors (Lipinski definition) is 7. The van der Waals surface area contributed by atoms with Gasteiger partial charge in [-0.05, 0) is 43.4 Å². The van der Waals surface area contributed by atoms with Crippen LogP contribution >= 0.6 is 23.7 Å². The molecule has 0 atom stereocenters. The summed E-state index contributed by atoms with van der Waals surface area (Å²) in [7, 11) is 4.83. The molecule has 32 heavy (non-hydrogen) atoms. The summed E-state index contributed by atoms with van der Waals surface area (Å²) < 4.78 is 17.2. The molecule has 3 aromatic rings. The van der Waals surface area contributed by atoms with E-state index in [0.29, 0.717) is 40.0 Å². The minimum atomic E-state index is -0.122. The summed E-state index contributed by atoms with van der Waals surface area (Å²) in [5.74, 6) is 1.87. The summed E-state index contributed by atoms with van der Waals surface area (Å²) in [5.41, 5.74) is 1.24. The number of likely N-dealkylation sites (N-methyl/N-ethyl adjacent to an activating group) is 1.